The van der Waals surface area contributed by atoms with Gasteiger partial charge >= 0.3 is 0 Å². The molecule has 2 aromatic heterocycles. The normalized spacial score (nSPS) is 18.7. The Morgan fingerprint density at radius 1 is 1.43 bits per heavy atom. The van der Waals surface area contributed by atoms with Crippen molar-refractivity contribution in [2.75, 3.05) is 36.5 Å². The average molecular weight is 334 g/mol. The van der Waals surface area contributed by atoms with Crippen molar-refractivity contribution in [2.24, 2.45) is 0 Å². The summed E-state index contributed by atoms with van der Waals surface area (Å²) in [5.41, 5.74) is 0.907. The molecule has 1 amide bonds. The van der Waals surface area contributed by atoms with E-state index in [-0.39, 0.29) is 5.91 Å². The number of anilines is 2. The van der Waals surface area contributed by atoms with E-state index in [1.165, 1.54) is 11.5 Å². The van der Waals surface area contributed by atoms with E-state index in [1.54, 1.807) is 13.3 Å². The Hall–Kier alpha value is -2.00. The van der Waals surface area contributed by atoms with Gasteiger partial charge in [0.25, 0.3) is 0 Å². The predicted octanol–water partition coefficient (Wildman–Crippen LogP) is 1.07. The second-order valence-electron chi connectivity index (χ2n) is 5.81. The fourth-order valence-corrected chi connectivity index (χ4v) is 3.62. The maximum absolute atomic E-state index is 11.8. The van der Waals surface area contributed by atoms with Crippen molar-refractivity contribution in [1.29, 1.82) is 0 Å². The van der Waals surface area contributed by atoms with Crippen LogP contribution in [0.15, 0.2) is 12.4 Å². The van der Waals surface area contributed by atoms with Crippen LogP contribution in [0.4, 0.5) is 10.8 Å². The quantitative estimate of drug-likeness (QED) is 0.814. The standard InChI is InChI=1S/C14H18N6O2S/c1-22-9-12-16-14(23-17-12)18-6-11(7-18)20-8-10(5-15-20)19-4-2-3-13(19)21/h5,8,11H,2-4,6-7,9H2,1H3. The molecule has 2 aliphatic heterocycles. The Morgan fingerprint density at radius 2 is 2.30 bits per heavy atom. The lowest BCUT2D eigenvalue weighted by molar-refractivity contribution is -0.117. The van der Waals surface area contributed by atoms with Crippen LogP contribution in [-0.2, 0) is 16.1 Å². The van der Waals surface area contributed by atoms with Crippen molar-refractivity contribution in [3.05, 3.63) is 18.2 Å². The first-order valence-corrected chi connectivity index (χ1v) is 8.43. The summed E-state index contributed by atoms with van der Waals surface area (Å²) in [6.45, 7) is 2.96. The van der Waals surface area contributed by atoms with Crippen molar-refractivity contribution in [3.8, 4) is 0 Å². The first-order valence-electron chi connectivity index (χ1n) is 7.65. The molecule has 0 spiro atoms. The predicted molar refractivity (Wildman–Crippen MR) is 85.7 cm³/mol. The summed E-state index contributed by atoms with van der Waals surface area (Å²) in [4.78, 5) is 20.2. The lowest BCUT2D eigenvalue weighted by Crippen LogP contribution is -2.48. The lowest BCUT2D eigenvalue weighted by Gasteiger charge is -2.38. The highest BCUT2D eigenvalue weighted by Crippen LogP contribution is 2.30. The largest absolute Gasteiger partial charge is 0.377 e. The SMILES string of the molecule is COCc1nsc(N2CC(n3cc(N4CCCC4=O)cn3)C2)n1. The van der Waals surface area contributed by atoms with Gasteiger partial charge in [0.1, 0.15) is 6.61 Å². The van der Waals surface area contributed by atoms with Gasteiger partial charge in [-0.2, -0.15) is 9.47 Å². The second kappa shape index (κ2) is 5.89. The Balaban J connectivity index is 1.38. The number of ether oxygens (including phenoxy) is 1. The van der Waals surface area contributed by atoms with Crippen molar-refractivity contribution < 1.29 is 9.53 Å². The van der Waals surface area contributed by atoms with Crippen LogP contribution in [0.3, 0.4) is 0 Å². The Bertz CT molecular complexity index is 708. The lowest BCUT2D eigenvalue weighted by atomic mass is 10.1. The van der Waals surface area contributed by atoms with Crippen LogP contribution < -0.4 is 9.80 Å². The summed E-state index contributed by atoms with van der Waals surface area (Å²) in [5, 5.41) is 5.35. The fourth-order valence-electron chi connectivity index (χ4n) is 2.93. The summed E-state index contributed by atoms with van der Waals surface area (Å²) in [6, 6.07) is 0.316. The monoisotopic (exact) mass is 334 g/mol. The molecule has 2 fully saturated rings. The molecular formula is C14H18N6O2S. The maximum Gasteiger partial charge on any atom is 0.227 e. The van der Waals surface area contributed by atoms with Crippen LogP contribution in [0.25, 0.3) is 0 Å². The summed E-state index contributed by atoms with van der Waals surface area (Å²) in [7, 11) is 1.64. The minimum absolute atomic E-state index is 0.194. The summed E-state index contributed by atoms with van der Waals surface area (Å²) < 4.78 is 11.3. The molecule has 0 unspecified atom stereocenters. The third-order valence-corrected chi connectivity index (χ3v) is 5.03. The number of nitrogens with zero attached hydrogens (tertiary/aromatic N) is 6. The van der Waals surface area contributed by atoms with Gasteiger partial charge < -0.3 is 14.5 Å². The first-order chi connectivity index (χ1) is 11.2. The molecule has 2 aromatic rings. The number of aromatic nitrogens is 4. The molecule has 0 atom stereocenters. The highest BCUT2D eigenvalue weighted by Gasteiger charge is 2.32. The van der Waals surface area contributed by atoms with Crippen LogP contribution in [0.5, 0.6) is 0 Å². The van der Waals surface area contributed by atoms with E-state index >= 15 is 0 Å². The number of hydrogen-bond donors (Lipinski definition) is 0. The molecule has 0 saturated carbocycles. The summed E-state index contributed by atoms with van der Waals surface area (Å²) >= 11 is 1.40. The van der Waals surface area contributed by atoms with Gasteiger partial charge in [0.2, 0.25) is 11.0 Å². The molecule has 8 nitrogen and oxygen atoms in total. The minimum atomic E-state index is 0.194. The molecule has 9 heteroatoms. The fraction of sp³-hybridized carbons (Fsp3) is 0.571. The molecule has 4 rings (SSSR count). The molecule has 0 N–H and O–H groups in total. The molecule has 0 radical (unpaired) electrons. The smallest absolute Gasteiger partial charge is 0.227 e. The summed E-state index contributed by atoms with van der Waals surface area (Å²) in [6.07, 6.45) is 5.33. The summed E-state index contributed by atoms with van der Waals surface area (Å²) in [5.74, 6) is 0.921. The number of amides is 1. The van der Waals surface area contributed by atoms with Crippen LogP contribution >= 0.6 is 11.5 Å². The third-order valence-electron chi connectivity index (χ3n) is 4.21. The molecule has 2 saturated heterocycles. The highest BCUT2D eigenvalue weighted by molar-refractivity contribution is 7.09. The van der Waals surface area contributed by atoms with Crippen molar-refractivity contribution in [3.63, 3.8) is 0 Å². The van der Waals surface area contributed by atoms with Gasteiger partial charge in [-0.1, -0.05) is 0 Å². The Morgan fingerprint density at radius 3 is 3.04 bits per heavy atom. The highest BCUT2D eigenvalue weighted by atomic mass is 32.1. The molecule has 0 bridgehead atoms. The molecular weight excluding hydrogens is 316 g/mol. The Labute approximate surface area is 137 Å². The van der Waals surface area contributed by atoms with Gasteiger partial charge in [-0.05, 0) is 6.42 Å². The zero-order chi connectivity index (χ0) is 15.8. The van der Waals surface area contributed by atoms with Crippen LogP contribution in [-0.4, -0.2) is 51.8 Å². The van der Waals surface area contributed by atoms with Gasteiger partial charge in [0, 0.05) is 50.9 Å². The average Bonchev–Trinajstić information content (AvgIpc) is 3.19. The zero-order valence-electron chi connectivity index (χ0n) is 12.9. The maximum atomic E-state index is 11.8. The molecule has 0 aliphatic carbocycles. The van der Waals surface area contributed by atoms with Crippen LogP contribution in [0.2, 0.25) is 0 Å². The molecule has 122 valence electrons. The van der Waals surface area contributed by atoms with Crippen molar-refractivity contribution in [2.45, 2.75) is 25.5 Å². The van der Waals surface area contributed by atoms with Crippen molar-refractivity contribution >= 4 is 28.3 Å². The van der Waals surface area contributed by atoms with E-state index in [9.17, 15) is 4.79 Å². The zero-order valence-corrected chi connectivity index (χ0v) is 13.7. The molecule has 0 aromatic carbocycles. The van der Waals surface area contributed by atoms with Gasteiger partial charge in [0.15, 0.2) is 5.82 Å². The third kappa shape index (κ3) is 2.70. The van der Waals surface area contributed by atoms with E-state index in [2.05, 4.69) is 19.4 Å². The van der Waals surface area contributed by atoms with E-state index in [1.807, 2.05) is 15.8 Å². The second-order valence-corrected chi connectivity index (χ2v) is 6.54. The van der Waals surface area contributed by atoms with Crippen molar-refractivity contribution in [1.82, 2.24) is 19.1 Å². The van der Waals surface area contributed by atoms with Crippen LogP contribution in [0.1, 0.15) is 24.7 Å². The number of carbonyl (C=O) groups excluding carboxylic acids is 1. The van der Waals surface area contributed by atoms with E-state index < -0.39 is 0 Å². The molecule has 2 aliphatic rings. The van der Waals surface area contributed by atoms with Gasteiger partial charge in [-0.25, -0.2) is 4.98 Å². The number of rotatable bonds is 5. The van der Waals surface area contributed by atoms with Gasteiger partial charge in [0.05, 0.1) is 17.9 Å². The van der Waals surface area contributed by atoms with E-state index in [0.717, 1.165) is 42.7 Å². The van der Waals surface area contributed by atoms with Gasteiger partial charge in [-0.15, -0.1) is 0 Å². The van der Waals surface area contributed by atoms with Crippen LogP contribution in [0, 0.1) is 0 Å². The Kier molecular flexibility index (Phi) is 3.74. The topological polar surface area (TPSA) is 76.4 Å². The number of methoxy groups -OCH3 is 1. The molecule has 4 heterocycles. The van der Waals surface area contributed by atoms with Gasteiger partial charge in [-0.3, -0.25) is 9.48 Å². The number of carbonyl (C=O) groups is 1. The number of hydrogen-bond acceptors (Lipinski definition) is 7. The van der Waals surface area contributed by atoms with E-state index in [0.29, 0.717) is 19.1 Å². The molecule has 23 heavy (non-hydrogen) atoms. The minimum Gasteiger partial charge on any atom is -0.377 e. The first kappa shape index (κ1) is 14.6. The van der Waals surface area contributed by atoms with E-state index in [4.69, 9.17) is 4.74 Å².